The van der Waals surface area contributed by atoms with Crippen LogP contribution in [-0.4, -0.2) is 37.4 Å². The first-order valence-corrected chi connectivity index (χ1v) is 8.78. The van der Waals surface area contributed by atoms with Crippen LogP contribution in [0.3, 0.4) is 0 Å². The van der Waals surface area contributed by atoms with Gasteiger partial charge in [0.15, 0.2) is 11.5 Å². The van der Waals surface area contributed by atoms with Crippen molar-refractivity contribution in [2.45, 2.75) is 13.0 Å². The van der Waals surface area contributed by atoms with Crippen LogP contribution in [0, 0.1) is 0 Å². The van der Waals surface area contributed by atoms with Gasteiger partial charge in [0.1, 0.15) is 11.4 Å². The Hall–Kier alpha value is -3.48. The van der Waals surface area contributed by atoms with E-state index < -0.39 is 0 Å². The second-order valence-electron chi connectivity index (χ2n) is 6.21. The smallest absolute Gasteiger partial charge is 0.269 e. The monoisotopic (exact) mass is 381 g/mol. The van der Waals surface area contributed by atoms with Gasteiger partial charge in [-0.05, 0) is 42.8 Å². The van der Waals surface area contributed by atoms with E-state index in [1.807, 2.05) is 49.4 Å². The molecule has 3 rings (SSSR count). The Kier molecular flexibility index (Phi) is 5.84. The predicted octanol–water partition coefficient (Wildman–Crippen LogP) is 3.59. The van der Waals surface area contributed by atoms with Gasteiger partial charge in [0.2, 0.25) is 0 Å². The van der Waals surface area contributed by atoms with Crippen molar-refractivity contribution < 1.29 is 19.0 Å². The topological polar surface area (TPSA) is 85.5 Å². The third-order valence-electron chi connectivity index (χ3n) is 4.44. The summed E-state index contributed by atoms with van der Waals surface area (Å²) in [5, 5.41) is 9.98. The van der Waals surface area contributed by atoms with Gasteiger partial charge >= 0.3 is 0 Å². The van der Waals surface area contributed by atoms with Gasteiger partial charge in [-0.3, -0.25) is 9.89 Å². The molecule has 1 unspecified atom stereocenters. The lowest BCUT2D eigenvalue weighted by molar-refractivity contribution is 0.0934. The summed E-state index contributed by atoms with van der Waals surface area (Å²) in [6.07, 6.45) is 0. The predicted molar refractivity (Wildman–Crippen MR) is 106 cm³/mol. The number of amides is 1. The molecule has 2 N–H and O–H groups in total. The number of aromatic amines is 1. The maximum atomic E-state index is 12.6. The molecular formula is C21H23N3O4. The molecule has 0 fully saturated rings. The van der Waals surface area contributed by atoms with Crippen molar-refractivity contribution in [3.05, 3.63) is 59.8 Å². The Balaban J connectivity index is 1.73. The van der Waals surface area contributed by atoms with Crippen LogP contribution >= 0.6 is 0 Å². The third kappa shape index (κ3) is 4.09. The van der Waals surface area contributed by atoms with Crippen molar-refractivity contribution in [3.8, 4) is 28.5 Å². The minimum Gasteiger partial charge on any atom is -0.497 e. The Bertz CT molecular complexity index is 968. The third-order valence-corrected chi connectivity index (χ3v) is 4.44. The Labute approximate surface area is 163 Å². The molecule has 0 aliphatic heterocycles. The van der Waals surface area contributed by atoms with Crippen molar-refractivity contribution in [1.82, 2.24) is 15.5 Å². The van der Waals surface area contributed by atoms with Crippen LogP contribution in [0.25, 0.3) is 11.3 Å². The lowest BCUT2D eigenvalue weighted by Gasteiger charge is -2.16. The van der Waals surface area contributed by atoms with E-state index in [9.17, 15) is 4.79 Å². The number of H-pyrrole nitrogens is 1. The molecule has 1 heterocycles. The van der Waals surface area contributed by atoms with E-state index in [4.69, 9.17) is 14.2 Å². The SMILES string of the molecule is COc1cccc(-c2cc(C(=O)NC(C)c3ccc(OC)c(OC)c3)[nH]n2)c1. The first-order chi connectivity index (χ1) is 13.5. The molecule has 3 aromatic rings. The minimum atomic E-state index is -0.246. The first kappa shape index (κ1) is 19.3. The number of nitrogens with one attached hydrogen (secondary N) is 2. The Morgan fingerprint density at radius 1 is 1.00 bits per heavy atom. The number of aromatic nitrogens is 2. The largest absolute Gasteiger partial charge is 0.497 e. The molecule has 7 nitrogen and oxygen atoms in total. The summed E-state index contributed by atoms with van der Waals surface area (Å²) in [5.41, 5.74) is 2.81. The molecule has 0 aliphatic carbocycles. The molecule has 1 atom stereocenters. The molecule has 28 heavy (non-hydrogen) atoms. The molecule has 0 radical (unpaired) electrons. The summed E-state index contributed by atoms with van der Waals surface area (Å²) in [6.45, 7) is 1.90. The second-order valence-corrected chi connectivity index (χ2v) is 6.21. The number of nitrogens with zero attached hydrogens (tertiary/aromatic N) is 1. The zero-order valence-electron chi connectivity index (χ0n) is 16.3. The van der Waals surface area contributed by atoms with Crippen LogP contribution < -0.4 is 19.5 Å². The standard InChI is InChI=1S/C21H23N3O4/c1-13(14-8-9-19(27-3)20(11-14)28-4)22-21(25)18-12-17(23-24-18)15-6-5-7-16(10-15)26-2/h5-13H,1-4H3,(H,22,25)(H,23,24). The number of carbonyl (C=O) groups is 1. The normalized spacial score (nSPS) is 11.6. The van der Waals surface area contributed by atoms with Gasteiger partial charge in [0.25, 0.3) is 5.91 Å². The number of rotatable bonds is 7. The fraction of sp³-hybridized carbons (Fsp3) is 0.238. The van der Waals surface area contributed by atoms with E-state index in [1.54, 1.807) is 27.4 Å². The van der Waals surface area contributed by atoms with E-state index in [0.29, 0.717) is 22.9 Å². The average molecular weight is 381 g/mol. The van der Waals surface area contributed by atoms with Gasteiger partial charge in [-0.25, -0.2) is 0 Å². The second kappa shape index (κ2) is 8.47. The van der Waals surface area contributed by atoms with Crippen LogP contribution in [-0.2, 0) is 0 Å². The molecule has 0 bridgehead atoms. The number of carbonyl (C=O) groups excluding carboxylic acids is 1. The van der Waals surface area contributed by atoms with E-state index in [-0.39, 0.29) is 11.9 Å². The minimum absolute atomic E-state index is 0.226. The molecule has 2 aromatic carbocycles. The van der Waals surface area contributed by atoms with E-state index in [2.05, 4.69) is 15.5 Å². The number of ether oxygens (including phenoxy) is 3. The van der Waals surface area contributed by atoms with Gasteiger partial charge in [0, 0.05) is 5.56 Å². The molecule has 146 valence electrons. The highest BCUT2D eigenvalue weighted by Crippen LogP contribution is 2.30. The molecular weight excluding hydrogens is 358 g/mol. The van der Waals surface area contributed by atoms with E-state index >= 15 is 0 Å². The summed E-state index contributed by atoms with van der Waals surface area (Å²) < 4.78 is 15.8. The quantitative estimate of drug-likeness (QED) is 0.653. The summed E-state index contributed by atoms with van der Waals surface area (Å²) in [7, 11) is 4.77. The van der Waals surface area contributed by atoms with Gasteiger partial charge in [-0.2, -0.15) is 5.10 Å². The highest BCUT2D eigenvalue weighted by atomic mass is 16.5. The maximum absolute atomic E-state index is 12.6. The zero-order chi connectivity index (χ0) is 20.1. The van der Waals surface area contributed by atoms with Crippen molar-refractivity contribution in [3.63, 3.8) is 0 Å². The molecule has 7 heteroatoms. The number of hydrogen-bond donors (Lipinski definition) is 2. The Morgan fingerprint density at radius 2 is 1.79 bits per heavy atom. The molecule has 0 saturated carbocycles. The van der Waals surface area contributed by atoms with Crippen LogP contribution in [0.15, 0.2) is 48.5 Å². The van der Waals surface area contributed by atoms with E-state index in [1.165, 1.54) is 0 Å². The van der Waals surface area contributed by atoms with Crippen LogP contribution in [0.4, 0.5) is 0 Å². The van der Waals surface area contributed by atoms with Gasteiger partial charge in [0.05, 0.1) is 33.1 Å². The fourth-order valence-electron chi connectivity index (χ4n) is 2.85. The van der Waals surface area contributed by atoms with Crippen molar-refractivity contribution in [2.75, 3.05) is 21.3 Å². The average Bonchev–Trinajstić information content (AvgIpc) is 3.23. The van der Waals surface area contributed by atoms with Crippen LogP contribution in [0.1, 0.15) is 29.0 Å². The van der Waals surface area contributed by atoms with E-state index in [0.717, 1.165) is 16.9 Å². The molecule has 0 saturated heterocycles. The first-order valence-electron chi connectivity index (χ1n) is 8.78. The Morgan fingerprint density at radius 3 is 2.50 bits per heavy atom. The van der Waals surface area contributed by atoms with Crippen LogP contribution in [0.5, 0.6) is 17.2 Å². The molecule has 0 spiro atoms. The fourth-order valence-corrected chi connectivity index (χ4v) is 2.85. The number of hydrogen-bond acceptors (Lipinski definition) is 5. The summed E-state index contributed by atoms with van der Waals surface area (Å²) in [5.74, 6) is 1.74. The highest BCUT2D eigenvalue weighted by molar-refractivity contribution is 5.93. The van der Waals surface area contributed by atoms with Crippen molar-refractivity contribution >= 4 is 5.91 Å². The van der Waals surface area contributed by atoms with Crippen molar-refractivity contribution in [1.29, 1.82) is 0 Å². The molecule has 1 aromatic heterocycles. The summed E-state index contributed by atoms with van der Waals surface area (Å²) in [4.78, 5) is 12.6. The van der Waals surface area contributed by atoms with Gasteiger partial charge < -0.3 is 19.5 Å². The molecule has 1 amide bonds. The van der Waals surface area contributed by atoms with Gasteiger partial charge in [-0.15, -0.1) is 0 Å². The molecule has 0 aliphatic rings. The van der Waals surface area contributed by atoms with Crippen molar-refractivity contribution in [2.24, 2.45) is 0 Å². The van der Waals surface area contributed by atoms with Gasteiger partial charge in [-0.1, -0.05) is 18.2 Å². The number of methoxy groups -OCH3 is 3. The lowest BCUT2D eigenvalue weighted by atomic mass is 10.1. The lowest BCUT2D eigenvalue weighted by Crippen LogP contribution is -2.27. The van der Waals surface area contributed by atoms with Crippen LogP contribution in [0.2, 0.25) is 0 Å². The summed E-state index contributed by atoms with van der Waals surface area (Å²) >= 11 is 0. The maximum Gasteiger partial charge on any atom is 0.269 e. The summed E-state index contributed by atoms with van der Waals surface area (Å²) in [6, 6.07) is 14.5. The number of benzene rings is 2. The highest BCUT2D eigenvalue weighted by Gasteiger charge is 2.16. The zero-order valence-corrected chi connectivity index (χ0v) is 16.3.